The third-order valence-electron chi connectivity index (χ3n) is 4.11. The van der Waals surface area contributed by atoms with Crippen molar-refractivity contribution in [1.82, 2.24) is 9.78 Å². The van der Waals surface area contributed by atoms with Crippen molar-refractivity contribution in [2.45, 2.75) is 11.3 Å². The van der Waals surface area contributed by atoms with E-state index < -0.39 is 16.0 Å². The Balaban J connectivity index is 1.55. The number of esters is 1. The molecule has 0 radical (unpaired) electrons. The topological polar surface area (TPSA) is 131 Å². The van der Waals surface area contributed by atoms with Crippen LogP contribution >= 0.6 is 0 Å². The molecule has 0 unspecified atom stereocenters. The molecule has 0 bridgehead atoms. The molecule has 1 heterocycles. The van der Waals surface area contributed by atoms with E-state index in [1.54, 1.807) is 24.3 Å². The number of aromatic nitrogens is 2. The third kappa shape index (κ3) is 4.98. The molecule has 0 fully saturated rings. The molecule has 10 heteroatoms. The summed E-state index contributed by atoms with van der Waals surface area (Å²) in [5, 5.41) is 10.3. The second kappa shape index (κ2) is 8.41. The molecule has 9 nitrogen and oxygen atoms in total. The van der Waals surface area contributed by atoms with Crippen molar-refractivity contribution in [2.75, 3.05) is 13.2 Å². The molecular weight excluding hydrogens is 398 g/mol. The predicted octanol–water partition coefficient (Wildman–Crippen LogP) is 0.746. The van der Waals surface area contributed by atoms with Gasteiger partial charge in [-0.15, -0.1) is 0 Å². The zero-order chi connectivity index (χ0) is 21.0. The molecule has 0 aliphatic carbocycles. The highest BCUT2D eigenvalue weighted by atomic mass is 32.2. The van der Waals surface area contributed by atoms with Gasteiger partial charge >= 0.3 is 5.97 Å². The molecule has 2 N–H and O–H groups in total. The predicted molar refractivity (Wildman–Crippen MR) is 105 cm³/mol. The lowest BCUT2D eigenvalue weighted by molar-refractivity contribution is -0.143. The van der Waals surface area contributed by atoms with Crippen molar-refractivity contribution in [3.05, 3.63) is 64.6 Å². The largest absolute Gasteiger partial charge is 0.490 e. The smallest absolute Gasteiger partial charge is 0.312 e. The van der Waals surface area contributed by atoms with Crippen LogP contribution in [0.5, 0.6) is 5.75 Å². The molecule has 0 atom stereocenters. The summed E-state index contributed by atoms with van der Waals surface area (Å²) in [5.74, 6) is -0.0892. The van der Waals surface area contributed by atoms with Gasteiger partial charge in [0.1, 0.15) is 19.0 Å². The molecule has 0 saturated carbocycles. The fourth-order valence-corrected chi connectivity index (χ4v) is 3.25. The zero-order valence-corrected chi connectivity index (χ0v) is 16.4. The number of sulfonamides is 1. The third-order valence-corrected chi connectivity index (χ3v) is 5.04. The van der Waals surface area contributed by atoms with E-state index in [1.165, 1.54) is 36.0 Å². The Morgan fingerprint density at radius 2 is 1.72 bits per heavy atom. The summed E-state index contributed by atoms with van der Waals surface area (Å²) in [5.41, 5.74) is 0.215. The van der Waals surface area contributed by atoms with Crippen molar-refractivity contribution in [3.63, 3.8) is 0 Å². The second-order valence-electron chi connectivity index (χ2n) is 6.18. The van der Waals surface area contributed by atoms with Gasteiger partial charge in [0, 0.05) is 12.4 Å². The highest BCUT2D eigenvalue weighted by molar-refractivity contribution is 7.89. The highest BCUT2D eigenvalue weighted by Gasteiger charge is 2.13. The standard InChI is InChI=1S/C19H19N3O6S/c1-22-19(24)16-5-3-2-4-15(16)17(21-22)12-18(23)28-11-10-27-13-6-8-14(9-7-13)29(20,25)26/h2-9H,10-12H2,1H3,(H2,20,25,26). The van der Waals surface area contributed by atoms with Crippen LogP contribution in [0.15, 0.2) is 58.2 Å². The van der Waals surface area contributed by atoms with E-state index in [9.17, 15) is 18.0 Å². The maximum atomic E-state index is 12.1. The molecular formula is C19H19N3O6S. The highest BCUT2D eigenvalue weighted by Crippen LogP contribution is 2.15. The van der Waals surface area contributed by atoms with Gasteiger partial charge in [0.05, 0.1) is 22.4 Å². The zero-order valence-electron chi connectivity index (χ0n) is 15.6. The lowest BCUT2D eigenvalue weighted by Gasteiger charge is -2.09. The van der Waals surface area contributed by atoms with Gasteiger partial charge in [0.15, 0.2) is 0 Å². The summed E-state index contributed by atoms with van der Waals surface area (Å²) in [4.78, 5) is 24.2. The summed E-state index contributed by atoms with van der Waals surface area (Å²) < 4.78 is 34.2. The number of rotatable bonds is 7. The molecule has 0 aliphatic heterocycles. The van der Waals surface area contributed by atoms with E-state index in [0.29, 0.717) is 22.2 Å². The van der Waals surface area contributed by atoms with Crippen LogP contribution in [0, 0.1) is 0 Å². The number of carbonyl (C=O) groups excluding carboxylic acids is 1. The quantitative estimate of drug-likeness (QED) is 0.443. The van der Waals surface area contributed by atoms with Gasteiger partial charge in [0.25, 0.3) is 5.56 Å². The summed E-state index contributed by atoms with van der Waals surface area (Å²) >= 11 is 0. The van der Waals surface area contributed by atoms with Gasteiger partial charge < -0.3 is 9.47 Å². The monoisotopic (exact) mass is 417 g/mol. The maximum Gasteiger partial charge on any atom is 0.312 e. The number of hydrogen-bond acceptors (Lipinski definition) is 7. The van der Waals surface area contributed by atoms with E-state index >= 15 is 0 Å². The van der Waals surface area contributed by atoms with E-state index in [4.69, 9.17) is 14.6 Å². The van der Waals surface area contributed by atoms with Crippen LogP contribution in [0.4, 0.5) is 0 Å². The number of carbonyl (C=O) groups is 1. The summed E-state index contributed by atoms with van der Waals surface area (Å²) in [6.45, 7) is 0.0847. The van der Waals surface area contributed by atoms with Crippen molar-refractivity contribution < 1.29 is 22.7 Å². The van der Waals surface area contributed by atoms with Crippen LogP contribution in [-0.4, -0.2) is 37.4 Å². The number of benzene rings is 2. The Labute approximate surface area is 166 Å². The van der Waals surface area contributed by atoms with E-state index in [0.717, 1.165) is 0 Å². The first-order valence-electron chi connectivity index (χ1n) is 8.62. The summed E-state index contributed by atoms with van der Waals surface area (Å²) in [6, 6.07) is 12.5. The van der Waals surface area contributed by atoms with Gasteiger partial charge in [0.2, 0.25) is 10.0 Å². The van der Waals surface area contributed by atoms with Gasteiger partial charge in [-0.2, -0.15) is 5.10 Å². The van der Waals surface area contributed by atoms with Crippen LogP contribution in [0.3, 0.4) is 0 Å². The number of primary sulfonamides is 1. The van der Waals surface area contributed by atoms with Crippen molar-refractivity contribution in [3.8, 4) is 5.75 Å². The number of nitrogens with two attached hydrogens (primary N) is 1. The Morgan fingerprint density at radius 3 is 2.38 bits per heavy atom. The lowest BCUT2D eigenvalue weighted by Crippen LogP contribution is -2.23. The van der Waals surface area contributed by atoms with Crippen LogP contribution in [0.2, 0.25) is 0 Å². The second-order valence-corrected chi connectivity index (χ2v) is 7.74. The Kier molecular flexibility index (Phi) is 5.95. The molecule has 0 saturated heterocycles. The number of aryl methyl sites for hydroxylation is 1. The minimum atomic E-state index is -3.76. The Morgan fingerprint density at radius 1 is 1.07 bits per heavy atom. The first kappa shape index (κ1) is 20.5. The fourth-order valence-electron chi connectivity index (χ4n) is 2.73. The first-order valence-corrected chi connectivity index (χ1v) is 10.2. The fraction of sp³-hybridized carbons (Fsp3) is 0.211. The van der Waals surface area contributed by atoms with E-state index in [1.807, 2.05) is 0 Å². The molecule has 2 aromatic carbocycles. The van der Waals surface area contributed by atoms with Gasteiger partial charge in [-0.25, -0.2) is 18.2 Å². The van der Waals surface area contributed by atoms with Gasteiger partial charge in [-0.1, -0.05) is 18.2 Å². The molecule has 152 valence electrons. The average Bonchev–Trinajstić information content (AvgIpc) is 2.69. The van der Waals surface area contributed by atoms with Crippen molar-refractivity contribution >= 4 is 26.8 Å². The number of fused-ring (bicyclic) bond motifs is 1. The molecule has 0 amide bonds. The van der Waals surface area contributed by atoms with Crippen LogP contribution < -0.4 is 15.4 Å². The van der Waals surface area contributed by atoms with Crippen LogP contribution in [-0.2, 0) is 33.0 Å². The van der Waals surface area contributed by atoms with E-state index in [-0.39, 0.29) is 30.1 Å². The van der Waals surface area contributed by atoms with Gasteiger partial charge in [-0.3, -0.25) is 9.59 Å². The summed E-state index contributed by atoms with van der Waals surface area (Å²) in [6.07, 6.45) is -0.0856. The molecule has 0 aliphatic rings. The SMILES string of the molecule is Cn1nc(CC(=O)OCCOc2ccc(S(N)(=O)=O)cc2)c2ccccc2c1=O. The van der Waals surface area contributed by atoms with Crippen LogP contribution in [0.1, 0.15) is 5.69 Å². The normalized spacial score (nSPS) is 11.4. The molecule has 1 aromatic heterocycles. The minimum absolute atomic E-state index is 0.000527. The number of hydrogen-bond donors (Lipinski definition) is 1. The van der Waals surface area contributed by atoms with Crippen molar-refractivity contribution in [1.29, 1.82) is 0 Å². The van der Waals surface area contributed by atoms with Crippen LogP contribution in [0.25, 0.3) is 10.8 Å². The average molecular weight is 417 g/mol. The molecule has 3 rings (SSSR count). The lowest BCUT2D eigenvalue weighted by atomic mass is 10.1. The number of ether oxygens (including phenoxy) is 2. The number of nitrogens with zero attached hydrogens (tertiary/aromatic N) is 2. The Hall–Kier alpha value is -3.24. The first-order chi connectivity index (χ1) is 13.8. The molecule has 3 aromatic rings. The maximum absolute atomic E-state index is 12.1. The van der Waals surface area contributed by atoms with E-state index in [2.05, 4.69) is 5.10 Å². The summed E-state index contributed by atoms with van der Waals surface area (Å²) in [7, 11) is -2.23. The van der Waals surface area contributed by atoms with Crippen molar-refractivity contribution in [2.24, 2.45) is 12.2 Å². The molecule has 29 heavy (non-hydrogen) atoms. The Bertz CT molecular complexity index is 1200. The molecule has 0 spiro atoms. The minimum Gasteiger partial charge on any atom is -0.490 e. The van der Waals surface area contributed by atoms with Gasteiger partial charge in [-0.05, 0) is 30.3 Å².